The van der Waals surface area contributed by atoms with Gasteiger partial charge in [0.1, 0.15) is 5.76 Å². The molecule has 206 valence electrons. The van der Waals surface area contributed by atoms with Gasteiger partial charge < -0.3 is 20.4 Å². The summed E-state index contributed by atoms with van der Waals surface area (Å²) in [5.74, 6) is -3.85. The van der Waals surface area contributed by atoms with Crippen LogP contribution in [0.5, 0.6) is 0 Å². The fourth-order valence-corrected chi connectivity index (χ4v) is 3.74. The predicted molar refractivity (Wildman–Crippen MR) is 143 cm³/mol. The van der Waals surface area contributed by atoms with Gasteiger partial charge in [0.2, 0.25) is 23.3 Å². The summed E-state index contributed by atoms with van der Waals surface area (Å²) in [5, 5.41) is 69.8. The lowest BCUT2D eigenvalue weighted by molar-refractivity contribution is 0.0682. The summed E-state index contributed by atoms with van der Waals surface area (Å²) in [6.07, 6.45) is 0. The fourth-order valence-electron chi connectivity index (χ4n) is 3.74. The van der Waals surface area contributed by atoms with Crippen molar-refractivity contribution < 1.29 is 34.8 Å². The molecule has 0 aliphatic carbocycles. The van der Waals surface area contributed by atoms with Crippen LogP contribution in [0.25, 0.3) is 51.3 Å². The van der Waals surface area contributed by atoms with Gasteiger partial charge in [0.15, 0.2) is 0 Å². The molecular formula is C27H16N8O7. The van der Waals surface area contributed by atoms with Gasteiger partial charge in [0, 0.05) is 27.8 Å². The number of carbonyl (C=O) groups is 3. The third-order valence-electron chi connectivity index (χ3n) is 5.82. The van der Waals surface area contributed by atoms with E-state index in [0.717, 1.165) is 6.07 Å². The van der Waals surface area contributed by atoms with E-state index in [1.807, 2.05) is 0 Å². The van der Waals surface area contributed by atoms with E-state index in [0.29, 0.717) is 11.1 Å². The molecule has 0 aliphatic heterocycles. The van der Waals surface area contributed by atoms with Crippen molar-refractivity contribution in [2.24, 2.45) is 0 Å². The molecule has 5 aromatic rings. The maximum absolute atomic E-state index is 11.4. The first-order valence-electron chi connectivity index (χ1n) is 11.7. The SMILES string of the molecule is C=C(O)c1cc(C(=O)O)cc(-c2nnc(-c3ccc(-c4nnc(-c5cc(C(=O)O)cc(C(=O)O)c5)nn4)cc3)nn2)c1. The van der Waals surface area contributed by atoms with Crippen LogP contribution < -0.4 is 0 Å². The number of aromatic carboxylic acids is 3. The van der Waals surface area contributed by atoms with Crippen LogP contribution in [0.3, 0.4) is 0 Å². The predicted octanol–water partition coefficient (Wildman–Crippen LogP) is 3.14. The zero-order chi connectivity index (χ0) is 30.0. The van der Waals surface area contributed by atoms with Crippen LogP contribution in [0.15, 0.2) is 67.2 Å². The van der Waals surface area contributed by atoms with E-state index < -0.39 is 17.9 Å². The molecule has 0 radical (unpaired) electrons. The maximum Gasteiger partial charge on any atom is 0.335 e. The van der Waals surface area contributed by atoms with Crippen LogP contribution in [0.2, 0.25) is 0 Å². The smallest absolute Gasteiger partial charge is 0.335 e. The Morgan fingerprint density at radius 3 is 0.976 bits per heavy atom. The highest BCUT2D eigenvalue weighted by atomic mass is 16.4. The van der Waals surface area contributed by atoms with Crippen LogP contribution in [-0.4, -0.2) is 79.1 Å². The standard InChI is InChI=1S/C27H16N8O7/c1-12(36)15-6-16(8-18(7-15)25(37)38)23-32-28-21(29-33-23)13-2-4-14(5-3-13)22-30-34-24(35-31-22)17-9-19(26(39)40)11-20(10-17)27(41)42/h2-11,36H,1H2,(H,37,38)(H,39,40)(H,41,42). The molecule has 3 aromatic carbocycles. The van der Waals surface area contributed by atoms with Crippen LogP contribution in [0.4, 0.5) is 0 Å². The van der Waals surface area contributed by atoms with E-state index in [4.69, 9.17) is 0 Å². The van der Waals surface area contributed by atoms with Gasteiger partial charge in [-0.1, -0.05) is 30.8 Å². The summed E-state index contributed by atoms with van der Waals surface area (Å²) in [7, 11) is 0. The second kappa shape index (κ2) is 10.9. The first kappa shape index (κ1) is 27.1. The molecule has 0 amide bonds. The van der Waals surface area contributed by atoms with Crippen LogP contribution in [0, 0.1) is 0 Å². The van der Waals surface area contributed by atoms with Crippen molar-refractivity contribution in [3.05, 3.63) is 89.5 Å². The molecule has 2 heterocycles. The van der Waals surface area contributed by atoms with E-state index in [2.05, 4.69) is 47.4 Å². The fraction of sp³-hybridized carbons (Fsp3) is 0. The summed E-state index contributed by atoms with van der Waals surface area (Å²) in [5.41, 5.74) is 1.06. The molecule has 0 atom stereocenters. The largest absolute Gasteiger partial charge is 0.508 e. The lowest BCUT2D eigenvalue weighted by atomic mass is 10.0. The molecule has 15 heteroatoms. The van der Waals surface area contributed by atoms with Gasteiger partial charge in [-0.2, -0.15) is 0 Å². The number of aliphatic hydroxyl groups is 1. The quantitative estimate of drug-likeness (QED) is 0.198. The van der Waals surface area contributed by atoms with Crippen molar-refractivity contribution in [1.29, 1.82) is 0 Å². The van der Waals surface area contributed by atoms with Gasteiger partial charge in [0.25, 0.3) is 0 Å². The van der Waals surface area contributed by atoms with Crippen molar-refractivity contribution in [3.63, 3.8) is 0 Å². The average Bonchev–Trinajstić information content (AvgIpc) is 3.00. The molecule has 0 bridgehead atoms. The topological polar surface area (TPSA) is 235 Å². The van der Waals surface area contributed by atoms with Crippen LogP contribution >= 0.6 is 0 Å². The van der Waals surface area contributed by atoms with Gasteiger partial charge in [-0.3, -0.25) is 0 Å². The number of rotatable bonds is 8. The second-order valence-electron chi connectivity index (χ2n) is 8.63. The number of aromatic nitrogens is 8. The van der Waals surface area contributed by atoms with E-state index >= 15 is 0 Å². The van der Waals surface area contributed by atoms with Crippen molar-refractivity contribution in [3.8, 4) is 45.6 Å². The molecule has 0 fully saturated rings. The van der Waals surface area contributed by atoms with Crippen molar-refractivity contribution in [1.82, 2.24) is 40.8 Å². The number of carboxylic acid groups (broad SMARTS) is 3. The number of benzene rings is 3. The molecule has 5 rings (SSSR count). The third kappa shape index (κ3) is 5.59. The summed E-state index contributed by atoms with van der Waals surface area (Å²) in [6.45, 7) is 3.41. The highest BCUT2D eigenvalue weighted by molar-refractivity contribution is 5.95. The normalized spacial score (nSPS) is 10.7. The summed E-state index contributed by atoms with van der Waals surface area (Å²) in [4.78, 5) is 34.2. The number of aliphatic hydroxyl groups excluding tert-OH is 1. The highest BCUT2D eigenvalue weighted by Crippen LogP contribution is 2.24. The highest BCUT2D eigenvalue weighted by Gasteiger charge is 2.16. The van der Waals surface area contributed by atoms with Gasteiger partial charge >= 0.3 is 17.9 Å². The molecule has 0 unspecified atom stereocenters. The van der Waals surface area contributed by atoms with E-state index in [1.165, 1.54) is 30.3 Å². The monoisotopic (exact) mass is 564 g/mol. The number of carboxylic acids is 3. The lowest BCUT2D eigenvalue weighted by Gasteiger charge is -2.06. The molecule has 42 heavy (non-hydrogen) atoms. The molecule has 4 N–H and O–H groups in total. The average molecular weight is 564 g/mol. The number of hydrogen-bond donors (Lipinski definition) is 4. The second-order valence-corrected chi connectivity index (χ2v) is 8.63. The summed E-state index contributed by atoms with van der Waals surface area (Å²) >= 11 is 0. The Morgan fingerprint density at radius 2 is 0.690 bits per heavy atom. The van der Waals surface area contributed by atoms with E-state index in [1.54, 1.807) is 24.3 Å². The van der Waals surface area contributed by atoms with Crippen LogP contribution in [-0.2, 0) is 0 Å². The molecule has 0 spiro atoms. The lowest BCUT2D eigenvalue weighted by Crippen LogP contribution is -2.05. The Morgan fingerprint density at radius 1 is 0.429 bits per heavy atom. The van der Waals surface area contributed by atoms with E-state index in [9.17, 15) is 34.8 Å². The molecular weight excluding hydrogens is 548 g/mol. The van der Waals surface area contributed by atoms with Gasteiger partial charge in [-0.05, 0) is 36.4 Å². The minimum Gasteiger partial charge on any atom is -0.508 e. The minimum absolute atomic E-state index is 0.0379. The summed E-state index contributed by atoms with van der Waals surface area (Å²) in [6, 6.07) is 14.1. The minimum atomic E-state index is -1.31. The number of hydrogen-bond acceptors (Lipinski definition) is 12. The Bertz CT molecular complexity index is 1670. The van der Waals surface area contributed by atoms with E-state index in [-0.39, 0.29) is 62.4 Å². The van der Waals surface area contributed by atoms with Crippen molar-refractivity contribution in [2.45, 2.75) is 0 Å². The van der Waals surface area contributed by atoms with Crippen molar-refractivity contribution >= 4 is 23.7 Å². The Labute approximate surface area is 234 Å². The van der Waals surface area contributed by atoms with Gasteiger partial charge in [-0.15, -0.1) is 40.8 Å². The van der Waals surface area contributed by atoms with Crippen molar-refractivity contribution in [2.75, 3.05) is 0 Å². The maximum atomic E-state index is 11.4. The van der Waals surface area contributed by atoms with Gasteiger partial charge in [0.05, 0.1) is 16.7 Å². The first-order valence-corrected chi connectivity index (χ1v) is 11.7. The molecule has 0 saturated heterocycles. The van der Waals surface area contributed by atoms with Crippen LogP contribution in [0.1, 0.15) is 36.6 Å². The Kier molecular flexibility index (Phi) is 7.05. The third-order valence-corrected chi connectivity index (χ3v) is 5.82. The molecule has 0 saturated carbocycles. The zero-order valence-electron chi connectivity index (χ0n) is 21.1. The number of nitrogens with zero attached hydrogens (tertiary/aromatic N) is 8. The summed E-state index contributed by atoms with van der Waals surface area (Å²) < 4.78 is 0. The first-order chi connectivity index (χ1) is 20.1. The zero-order valence-corrected chi connectivity index (χ0v) is 21.1. The molecule has 0 aliphatic rings. The molecule has 15 nitrogen and oxygen atoms in total. The Hall–Kier alpha value is -6.51. The Balaban J connectivity index is 1.37. The van der Waals surface area contributed by atoms with Gasteiger partial charge in [-0.25, -0.2) is 14.4 Å². The molecule has 2 aromatic heterocycles.